The summed E-state index contributed by atoms with van der Waals surface area (Å²) in [5, 5.41) is 10.2. The molecule has 4 nitrogen and oxygen atoms in total. The molecule has 11 heavy (non-hydrogen) atoms. The van der Waals surface area contributed by atoms with Crippen LogP contribution in [0.1, 0.15) is 5.56 Å². The third-order valence-electron chi connectivity index (χ3n) is 1.23. The molecule has 1 aromatic carbocycles. The maximum absolute atomic E-state index is 7.30. The molecular weight excluding hydrogens is 140 g/mol. The SMILES string of the molecule is N=NNC(=N)c1ccccc1. The van der Waals surface area contributed by atoms with Gasteiger partial charge in [0.1, 0.15) is 5.84 Å². The molecule has 0 atom stereocenters. The van der Waals surface area contributed by atoms with Crippen LogP contribution >= 0.6 is 0 Å². The summed E-state index contributed by atoms with van der Waals surface area (Å²) in [6.07, 6.45) is 0. The van der Waals surface area contributed by atoms with E-state index in [0.29, 0.717) is 0 Å². The van der Waals surface area contributed by atoms with Gasteiger partial charge in [-0.15, -0.1) is 0 Å². The highest BCUT2D eigenvalue weighted by atomic mass is 15.4. The first-order valence-corrected chi connectivity index (χ1v) is 3.11. The van der Waals surface area contributed by atoms with Crippen LogP contribution in [0.2, 0.25) is 0 Å². The van der Waals surface area contributed by atoms with Gasteiger partial charge < -0.3 is 0 Å². The Morgan fingerprint density at radius 1 is 1.27 bits per heavy atom. The van der Waals surface area contributed by atoms with Crippen LogP contribution in [0.15, 0.2) is 35.6 Å². The third kappa shape index (κ3) is 1.86. The molecule has 0 spiro atoms. The summed E-state index contributed by atoms with van der Waals surface area (Å²) < 4.78 is 0. The van der Waals surface area contributed by atoms with Crippen molar-refractivity contribution in [2.24, 2.45) is 5.22 Å². The van der Waals surface area contributed by atoms with Crippen molar-refractivity contribution in [3.63, 3.8) is 0 Å². The van der Waals surface area contributed by atoms with Crippen LogP contribution in [0.3, 0.4) is 0 Å². The summed E-state index contributed by atoms with van der Waals surface area (Å²) in [5.41, 5.74) is 9.42. The largest absolute Gasteiger partial charge is 0.283 e. The van der Waals surface area contributed by atoms with Crippen LogP contribution in [-0.4, -0.2) is 5.84 Å². The van der Waals surface area contributed by atoms with Gasteiger partial charge in [0.25, 0.3) is 0 Å². The molecule has 0 aliphatic carbocycles. The second-order valence-corrected chi connectivity index (χ2v) is 1.96. The fourth-order valence-corrected chi connectivity index (χ4v) is 0.725. The van der Waals surface area contributed by atoms with Crippen LogP contribution in [0, 0.1) is 10.9 Å². The van der Waals surface area contributed by atoms with Gasteiger partial charge in [0.15, 0.2) is 0 Å². The van der Waals surface area contributed by atoms with Crippen molar-refractivity contribution in [3.8, 4) is 0 Å². The molecule has 0 aliphatic rings. The summed E-state index contributed by atoms with van der Waals surface area (Å²) in [6.45, 7) is 0. The average Bonchev–Trinajstić information content (AvgIpc) is 2.07. The molecule has 0 saturated carbocycles. The van der Waals surface area contributed by atoms with E-state index in [1.807, 2.05) is 18.2 Å². The Bertz CT molecular complexity index is 254. The van der Waals surface area contributed by atoms with Crippen molar-refractivity contribution in [3.05, 3.63) is 35.9 Å². The van der Waals surface area contributed by atoms with Crippen molar-refractivity contribution in [1.29, 1.82) is 10.9 Å². The lowest BCUT2D eigenvalue weighted by Crippen LogP contribution is -2.15. The molecule has 1 aromatic rings. The molecule has 0 bridgehead atoms. The minimum Gasteiger partial charge on any atom is -0.283 e. The highest BCUT2D eigenvalue weighted by molar-refractivity contribution is 5.95. The molecule has 0 aromatic heterocycles. The van der Waals surface area contributed by atoms with Gasteiger partial charge in [0.05, 0.1) is 0 Å². The van der Waals surface area contributed by atoms with Crippen molar-refractivity contribution in [1.82, 2.24) is 5.43 Å². The maximum Gasteiger partial charge on any atom is 0.147 e. The van der Waals surface area contributed by atoms with Gasteiger partial charge in [-0.05, 0) is 0 Å². The lowest BCUT2D eigenvalue weighted by molar-refractivity contribution is 0.861. The van der Waals surface area contributed by atoms with Crippen LogP contribution in [0.25, 0.3) is 0 Å². The van der Waals surface area contributed by atoms with E-state index in [1.165, 1.54) is 0 Å². The van der Waals surface area contributed by atoms with Crippen molar-refractivity contribution in [2.45, 2.75) is 0 Å². The van der Waals surface area contributed by atoms with Gasteiger partial charge in [-0.25, -0.2) is 5.43 Å². The zero-order valence-corrected chi connectivity index (χ0v) is 5.83. The van der Waals surface area contributed by atoms with E-state index in [1.54, 1.807) is 12.1 Å². The van der Waals surface area contributed by atoms with Crippen LogP contribution in [-0.2, 0) is 0 Å². The van der Waals surface area contributed by atoms with Gasteiger partial charge in [0, 0.05) is 5.56 Å². The first-order chi connectivity index (χ1) is 5.34. The normalized spacial score (nSPS) is 8.73. The van der Waals surface area contributed by atoms with E-state index >= 15 is 0 Å². The number of amidine groups is 1. The van der Waals surface area contributed by atoms with Crippen molar-refractivity contribution < 1.29 is 0 Å². The Morgan fingerprint density at radius 3 is 2.45 bits per heavy atom. The fraction of sp³-hybridized carbons (Fsp3) is 0. The van der Waals surface area contributed by atoms with E-state index in [2.05, 4.69) is 10.6 Å². The molecule has 1 rings (SSSR count). The predicted molar refractivity (Wildman–Crippen MR) is 41.6 cm³/mol. The minimum atomic E-state index is 0.139. The molecule has 0 heterocycles. The molecule has 56 valence electrons. The Kier molecular flexibility index (Phi) is 2.32. The Hall–Kier alpha value is -1.71. The number of hydrogen-bond donors (Lipinski definition) is 3. The van der Waals surface area contributed by atoms with E-state index in [9.17, 15) is 0 Å². The number of nitrogens with zero attached hydrogens (tertiary/aromatic N) is 1. The first kappa shape index (κ1) is 7.40. The first-order valence-electron chi connectivity index (χ1n) is 3.11. The number of nitrogens with one attached hydrogen (secondary N) is 3. The summed E-state index contributed by atoms with van der Waals surface area (Å²) in [4.78, 5) is 0. The molecule has 0 fully saturated rings. The lowest BCUT2D eigenvalue weighted by Gasteiger charge is -1.98. The number of rotatable bonds is 2. The molecular formula is C7H8N4. The Balaban J connectivity index is 2.77. The lowest BCUT2D eigenvalue weighted by atomic mass is 10.2. The second kappa shape index (κ2) is 3.46. The standard InChI is InChI=1S/C7H8N4/c8-7(10-11-9)6-4-2-1-3-5-6/h1-5H,(H3,8,9,10). The van der Waals surface area contributed by atoms with Crippen molar-refractivity contribution >= 4 is 5.84 Å². The van der Waals surface area contributed by atoms with E-state index in [4.69, 9.17) is 10.9 Å². The third-order valence-corrected chi connectivity index (χ3v) is 1.23. The highest BCUT2D eigenvalue weighted by Gasteiger charge is 1.95. The zero-order valence-electron chi connectivity index (χ0n) is 5.83. The molecule has 0 radical (unpaired) electrons. The van der Waals surface area contributed by atoms with E-state index < -0.39 is 0 Å². The molecule has 0 amide bonds. The van der Waals surface area contributed by atoms with E-state index in [-0.39, 0.29) is 5.84 Å². The molecule has 0 saturated heterocycles. The smallest absolute Gasteiger partial charge is 0.147 e. The summed E-state index contributed by atoms with van der Waals surface area (Å²) in [7, 11) is 0. The quantitative estimate of drug-likeness (QED) is 0.253. The maximum atomic E-state index is 7.30. The predicted octanol–water partition coefficient (Wildman–Crippen LogP) is 1.55. The van der Waals surface area contributed by atoms with Gasteiger partial charge >= 0.3 is 0 Å². The number of hydrogen-bond acceptors (Lipinski definition) is 3. The highest BCUT2D eigenvalue weighted by Crippen LogP contribution is 1.96. The average molecular weight is 148 g/mol. The summed E-state index contributed by atoms with van der Waals surface area (Å²) >= 11 is 0. The van der Waals surface area contributed by atoms with Crippen LogP contribution in [0.4, 0.5) is 0 Å². The van der Waals surface area contributed by atoms with E-state index in [0.717, 1.165) is 5.56 Å². The molecule has 0 aliphatic heterocycles. The minimum absolute atomic E-state index is 0.139. The molecule has 3 N–H and O–H groups in total. The van der Waals surface area contributed by atoms with Gasteiger partial charge in [-0.1, -0.05) is 35.6 Å². The Morgan fingerprint density at radius 2 is 1.91 bits per heavy atom. The van der Waals surface area contributed by atoms with Crippen molar-refractivity contribution in [2.75, 3.05) is 0 Å². The Labute approximate surface area is 64.2 Å². The molecule has 0 unspecified atom stereocenters. The summed E-state index contributed by atoms with van der Waals surface area (Å²) in [5.74, 6) is 0.139. The van der Waals surface area contributed by atoms with Crippen LogP contribution in [0.5, 0.6) is 0 Å². The summed E-state index contributed by atoms with van der Waals surface area (Å²) in [6, 6.07) is 9.08. The fourth-order valence-electron chi connectivity index (χ4n) is 0.725. The number of benzene rings is 1. The van der Waals surface area contributed by atoms with Gasteiger partial charge in [-0.3, -0.25) is 5.41 Å². The van der Waals surface area contributed by atoms with Gasteiger partial charge in [0.2, 0.25) is 0 Å². The topological polar surface area (TPSA) is 72.1 Å². The zero-order chi connectivity index (χ0) is 8.10. The van der Waals surface area contributed by atoms with Gasteiger partial charge in [-0.2, -0.15) is 5.53 Å². The second-order valence-electron chi connectivity index (χ2n) is 1.96. The molecule has 4 heteroatoms. The monoisotopic (exact) mass is 148 g/mol. The van der Waals surface area contributed by atoms with Crippen LogP contribution < -0.4 is 5.43 Å².